The van der Waals surface area contributed by atoms with Gasteiger partial charge in [0.15, 0.2) is 12.7 Å². The first kappa shape index (κ1) is 35.0. The van der Waals surface area contributed by atoms with E-state index in [4.69, 9.17) is 4.74 Å². The zero-order valence-corrected chi connectivity index (χ0v) is 27.7. The standard InChI is InChI=1S/C35H50N2O2S.BrH/c1-3-4-5-6-7-8-9-10-11-12-13-14-15-16-24-39-34-22-20-31(21-23-34)26-35(38)36-33-19-17-18-32(25-33)28-37-27-30(2)40-29-37;/h17-23,25,27,29H,3-16,24,26,28H2,1-2H3;1H. The Hall–Kier alpha value is -2.18. The quantitative estimate of drug-likeness (QED) is 0.107. The van der Waals surface area contributed by atoms with Gasteiger partial charge in [-0.1, -0.05) is 126 Å². The summed E-state index contributed by atoms with van der Waals surface area (Å²) >= 11 is 1.74. The summed E-state index contributed by atoms with van der Waals surface area (Å²) in [5.41, 5.74) is 5.11. The molecule has 1 amide bonds. The SMILES string of the molecule is CCCCCCCCCCCCCCCCOc1ccc(CC(=O)Nc2cccc(C[n+]3csc(C)c3)c2)cc1.[Br-]. The van der Waals surface area contributed by atoms with E-state index >= 15 is 0 Å². The van der Waals surface area contributed by atoms with Gasteiger partial charge in [0.25, 0.3) is 0 Å². The highest BCUT2D eigenvalue weighted by Crippen LogP contribution is 2.17. The van der Waals surface area contributed by atoms with Crippen molar-refractivity contribution < 1.29 is 31.1 Å². The Labute approximate surface area is 263 Å². The van der Waals surface area contributed by atoms with E-state index in [0.29, 0.717) is 6.42 Å². The van der Waals surface area contributed by atoms with Crippen LogP contribution in [0.1, 0.15) is 113 Å². The van der Waals surface area contributed by atoms with Crippen LogP contribution in [0.5, 0.6) is 5.75 Å². The number of rotatable bonds is 21. The molecule has 0 spiro atoms. The minimum Gasteiger partial charge on any atom is -1.00 e. The third kappa shape index (κ3) is 15.6. The normalized spacial score (nSPS) is 10.8. The number of hydrogen-bond acceptors (Lipinski definition) is 3. The predicted octanol–water partition coefficient (Wildman–Crippen LogP) is 6.44. The number of ether oxygens (including phenoxy) is 1. The van der Waals surface area contributed by atoms with Crippen molar-refractivity contribution in [3.63, 3.8) is 0 Å². The monoisotopic (exact) mass is 642 g/mol. The molecule has 1 N–H and O–H groups in total. The predicted molar refractivity (Wildman–Crippen MR) is 169 cm³/mol. The fourth-order valence-electron chi connectivity index (χ4n) is 5.07. The number of nitrogens with zero attached hydrogens (tertiary/aromatic N) is 1. The first-order chi connectivity index (χ1) is 19.6. The van der Waals surface area contributed by atoms with E-state index in [9.17, 15) is 4.79 Å². The lowest BCUT2D eigenvalue weighted by atomic mass is 10.0. The number of carbonyl (C=O) groups is 1. The number of thiazole rings is 1. The molecule has 0 saturated carbocycles. The average Bonchev–Trinajstić information content (AvgIpc) is 3.36. The van der Waals surface area contributed by atoms with Crippen molar-refractivity contribution in [1.29, 1.82) is 0 Å². The Balaban J connectivity index is 0.00000588. The van der Waals surface area contributed by atoms with Crippen LogP contribution in [0, 0.1) is 6.92 Å². The van der Waals surface area contributed by atoms with Crippen molar-refractivity contribution in [1.82, 2.24) is 0 Å². The molecule has 2 aromatic carbocycles. The van der Waals surface area contributed by atoms with Crippen LogP contribution in [0.4, 0.5) is 5.69 Å². The van der Waals surface area contributed by atoms with Gasteiger partial charge in [0, 0.05) is 11.3 Å². The van der Waals surface area contributed by atoms with Crippen LogP contribution in [-0.4, -0.2) is 12.5 Å². The van der Waals surface area contributed by atoms with Crippen molar-refractivity contribution in [3.05, 3.63) is 76.2 Å². The maximum Gasteiger partial charge on any atom is 0.228 e. The van der Waals surface area contributed by atoms with E-state index in [1.807, 2.05) is 42.5 Å². The Morgan fingerprint density at radius 1 is 0.805 bits per heavy atom. The number of benzene rings is 2. The van der Waals surface area contributed by atoms with Crippen LogP contribution < -0.4 is 31.6 Å². The summed E-state index contributed by atoms with van der Waals surface area (Å²) in [4.78, 5) is 13.9. The largest absolute Gasteiger partial charge is 1.00 e. The van der Waals surface area contributed by atoms with E-state index in [-0.39, 0.29) is 22.9 Å². The summed E-state index contributed by atoms with van der Waals surface area (Å²) in [6.45, 7) is 5.95. The third-order valence-corrected chi connectivity index (χ3v) is 8.21. The van der Waals surface area contributed by atoms with Crippen LogP contribution in [0.3, 0.4) is 0 Å². The van der Waals surface area contributed by atoms with Gasteiger partial charge in [-0.15, -0.1) is 0 Å². The summed E-state index contributed by atoms with van der Waals surface area (Å²) in [5.74, 6) is 0.875. The van der Waals surface area contributed by atoms with Crippen LogP contribution in [0.15, 0.2) is 60.2 Å². The Bertz CT molecular complexity index is 1100. The molecule has 41 heavy (non-hydrogen) atoms. The topological polar surface area (TPSA) is 42.2 Å². The number of aromatic nitrogens is 1. The number of unbranched alkanes of at least 4 members (excludes halogenated alkanes) is 13. The second-order valence-corrected chi connectivity index (χ2v) is 12.2. The lowest BCUT2D eigenvalue weighted by molar-refractivity contribution is -0.683. The second-order valence-electron chi connectivity index (χ2n) is 11.1. The molecule has 4 nitrogen and oxygen atoms in total. The minimum atomic E-state index is -0.00717. The summed E-state index contributed by atoms with van der Waals surface area (Å²) < 4.78 is 8.10. The number of anilines is 1. The Morgan fingerprint density at radius 2 is 1.41 bits per heavy atom. The maximum atomic E-state index is 12.6. The van der Waals surface area contributed by atoms with Crippen molar-refractivity contribution in [2.24, 2.45) is 0 Å². The summed E-state index contributed by atoms with van der Waals surface area (Å²) in [6, 6.07) is 16.0. The van der Waals surface area contributed by atoms with Gasteiger partial charge in [-0.05, 0) is 43.2 Å². The molecule has 0 aliphatic rings. The second kappa shape index (κ2) is 21.5. The molecular weight excluding hydrogens is 592 g/mol. The molecule has 6 heteroatoms. The molecule has 226 valence electrons. The lowest BCUT2D eigenvalue weighted by Gasteiger charge is -2.09. The van der Waals surface area contributed by atoms with Crippen molar-refractivity contribution in [3.8, 4) is 5.75 Å². The van der Waals surface area contributed by atoms with E-state index < -0.39 is 0 Å². The molecule has 0 aliphatic heterocycles. The zero-order chi connectivity index (χ0) is 28.3. The molecule has 1 aromatic heterocycles. The molecule has 0 bridgehead atoms. The molecule has 3 aromatic rings. The van der Waals surface area contributed by atoms with Crippen LogP contribution in [0.25, 0.3) is 0 Å². The molecule has 0 atom stereocenters. The number of amides is 1. The number of halogens is 1. The molecule has 0 saturated heterocycles. The highest BCUT2D eigenvalue weighted by Gasteiger charge is 2.09. The molecule has 1 heterocycles. The first-order valence-corrected chi connectivity index (χ1v) is 16.5. The Morgan fingerprint density at radius 3 is 2.00 bits per heavy atom. The van der Waals surface area contributed by atoms with Gasteiger partial charge >= 0.3 is 0 Å². The van der Waals surface area contributed by atoms with Gasteiger partial charge in [0.1, 0.15) is 5.75 Å². The van der Waals surface area contributed by atoms with Crippen LogP contribution in [-0.2, 0) is 17.8 Å². The van der Waals surface area contributed by atoms with Crippen molar-refractivity contribution in [2.75, 3.05) is 11.9 Å². The molecule has 0 radical (unpaired) electrons. The zero-order valence-electron chi connectivity index (χ0n) is 25.3. The number of hydrogen-bond donors (Lipinski definition) is 1. The molecule has 0 aliphatic carbocycles. The molecule has 0 fully saturated rings. The van der Waals surface area contributed by atoms with Gasteiger partial charge < -0.3 is 27.0 Å². The summed E-state index contributed by atoms with van der Waals surface area (Å²) in [6.07, 6.45) is 21.6. The number of carbonyl (C=O) groups excluding carboxylic acids is 1. The van der Waals surface area contributed by atoms with Gasteiger partial charge in [-0.2, -0.15) is 4.57 Å². The van der Waals surface area contributed by atoms with Gasteiger partial charge in [0.2, 0.25) is 11.4 Å². The lowest BCUT2D eigenvalue weighted by Crippen LogP contribution is -3.00. The average molecular weight is 644 g/mol. The van der Waals surface area contributed by atoms with Crippen LogP contribution >= 0.6 is 11.3 Å². The number of aryl methyl sites for hydroxylation is 1. The van der Waals surface area contributed by atoms with Gasteiger partial charge in [-0.3, -0.25) is 4.79 Å². The van der Waals surface area contributed by atoms with E-state index in [0.717, 1.165) is 36.6 Å². The van der Waals surface area contributed by atoms with Crippen molar-refractivity contribution >= 4 is 22.9 Å². The Kier molecular flexibility index (Phi) is 18.4. The fraction of sp³-hybridized carbons (Fsp3) is 0.543. The van der Waals surface area contributed by atoms with Crippen LogP contribution in [0.2, 0.25) is 0 Å². The summed E-state index contributed by atoms with van der Waals surface area (Å²) in [5, 5.41) is 3.04. The number of nitrogens with one attached hydrogen (secondary N) is 1. The summed E-state index contributed by atoms with van der Waals surface area (Å²) in [7, 11) is 0. The first-order valence-electron chi connectivity index (χ1n) is 15.7. The van der Waals surface area contributed by atoms with Gasteiger partial charge in [-0.25, -0.2) is 0 Å². The maximum absolute atomic E-state index is 12.6. The molecule has 3 rings (SSSR count). The van der Waals surface area contributed by atoms with E-state index in [2.05, 4.69) is 41.5 Å². The minimum absolute atomic E-state index is 0. The van der Waals surface area contributed by atoms with E-state index in [1.165, 1.54) is 93.9 Å². The highest BCUT2D eigenvalue weighted by molar-refractivity contribution is 7.09. The van der Waals surface area contributed by atoms with Gasteiger partial charge in [0.05, 0.1) is 17.9 Å². The molecular formula is C35H51BrN2O2S. The molecule has 0 unspecified atom stereocenters. The van der Waals surface area contributed by atoms with Crippen molar-refractivity contribution in [2.45, 2.75) is 117 Å². The fourth-order valence-corrected chi connectivity index (χ4v) is 5.70. The smallest absolute Gasteiger partial charge is 0.228 e. The highest BCUT2D eigenvalue weighted by atomic mass is 79.9. The third-order valence-electron chi connectivity index (χ3n) is 7.35. The van der Waals surface area contributed by atoms with E-state index in [1.54, 1.807) is 11.3 Å².